The second-order valence-corrected chi connectivity index (χ2v) is 2.80. The van der Waals surface area contributed by atoms with Gasteiger partial charge in [0.15, 0.2) is 0 Å². The molecule has 0 aliphatic rings. The van der Waals surface area contributed by atoms with Crippen LogP contribution in [0.1, 0.15) is 12.5 Å². The zero-order valence-electron chi connectivity index (χ0n) is 8.58. The van der Waals surface area contributed by atoms with E-state index in [0.717, 1.165) is 11.4 Å². The Balaban J connectivity index is 2.78. The first-order valence-electron chi connectivity index (χ1n) is 4.68. The maximum absolute atomic E-state index is 5.39. The van der Waals surface area contributed by atoms with E-state index in [1.807, 2.05) is 13.8 Å². The van der Waals surface area contributed by atoms with Crippen LogP contribution in [0, 0.1) is 6.92 Å². The van der Waals surface area contributed by atoms with Gasteiger partial charge in [-0.05, 0) is 13.8 Å². The van der Waals surface area contributed by atoms with Gasteiger partial charge in [-0.25, -0.2) is 9.97 Å². The Hall–Kier alpha value is -1.36. The summed E-state index contributed by atoms with van der Waals surface area (Å²) in [4.78, 5) is 8.13. The molecule has 0 radical (unpaired) electrons. The van der Waals surface area contributed by atoms with Gasteiger partial charge in [0.25, 0.3) is 0 Å². The summed E-state index contributed by atoms with van der Waals surface area (Å²) in [5, 5.41) is 3.11. The van der Waals surface area contributed by atoms with Crippen LogP contribution in [0.5, 0.6) is 5.88 Å². The molecule has 0 fully saturated rings. The average molecular weight is 196 g/mol. The quantitative estimate of drug-likeness (QED) is 0.719. The van der Waals surface area contributed by atoms with Gasteiger partial charge in [0.2, 0.25) is 5.88 Å². The highest BCUT2D eigenvalue weighted by atomic mass is 16.5. The van der Waals surface area contributed by atoms with Crippen LogP contribution in [0.3, 0.4) is 0 Å². The van der Waals surface area contributed by atoms with Crippen molar-refractivity contribution in [2.45, 2.75) is 13.8 Å². The molecule has 0 aliphatic heterocycles. The highest BCUT2D eigenvalue weighted by molar-refractivity contribution is 5.47. The number of nitrogens with one attached hydrogen (secondary N) is 1. The lowest BCUT2D eigenvalue weighted by molar-refractivity contribution is 0.324. The molecule has 1 aromatic heterocycles. The lowest BCUT2D eigenvalue weighted by Gasteiger charge is -2.10. The molecule has 3 N–H and O–H groups in total. The van der Waals surface area contributed by atoms with Gasteiger partial charge in [-0.2, -0.15) is 0 Å². The molecule has 14 heavy (non-hydrogen) atoms. The molecule has 1 rings (SSSR count). The van der Waals surface area contributed by atoms with Crippen molar-refractivity contribution in [3.8, 4) is 5.88 Å². The molecule has 0 aromatic carbocycles. The second-order valence-electron chi connectivity index (χ2n) is 2.80. The molecule has 1 aromatic rings. The van der Waals surface area contributed by atoms with Crippen molar-refractivity contribution in [1.29, 1.82) is 0 Å². The first-order valence-corrected chi connectivity index (χ1v) is 4.68. The van der Waals surface area contributed by atoms with E-state index in [0.29, 0.717) is 25.6 Å². The molecule has 0 aliphatic carbocycles. The number of rotatable bonds is 5. The number of nitrogens with two attached hydrogens (primary N) is 1. The van der Waals surface area contributed by atoms with E-state index in [-0.39, 0.29) is 0 Å². The fraction of sp³-hybridized carbons (Fsp3) is 0.556. The van der Waals surface area contributed by atoms with E-state index in [9.17, 15) is 0 Å². The third kappa shape index (κ3) is 2.56. The predicted molar refractivity (Wildman–Crippen MR) is 55.5 cm³/mol. The normalized spacial score (nSPS) is 9.93. The first-order chi connectivity index (χ1) is 6.79. The molecule has 0 saturated heterocycles. The van der Waals surface area contributed by atoms with E-state index in [1.165, 1.54) is 6.33 Å². The number of hydrogen-bond acceptors (Lipinski definition) is 5. The van der Waals surface area contributed by atoms with Crippen molar-refractivity contribution in [2.24, 2.45) is 5.73 Å². The summed E-state index contributed by atoms with van der Waals surface area (Å²) < 4.78 is 5.33. The summed E-state index contributed by atoms with van der Waals surface area (Å²) in [5.41, 5.74) is 6.31. The molecule has 0 bridgehead atoms. The van der Waals surface area contributed by atoms with Crippen LogP contribution in [0.4, 0.5) is 5.82 Å². The van der Waals surface area contributed by atoms with Gasteiger partial charge in [0, 0.05) is 13.1 Å². The van der Waals surface area contributed by atoms with Crippen molar-refractivity contribution in [1.82, 2.24) is 9.97 Å². The van der Waals surface area contributed by atoms with Crippen LogP contribution in [-0.2, 0) is 0 Å². The fourth-order valence-electron chi connectivity index (χ4n) is 1.09. The van der Waals surface area contributed by atoms with Gasteiger partial charge in [-0.1, -0.05) is 0 Å². The van der Waals surface area contributed by atoms with Crippen molar-refractivity contribution < 1.29 is 4.74 Å². The van der Waals surface area contributed by atoms with E-state index in [1.54, 1.807) is 0 Å². The summed E-state index contributed by atoms with van der Waals surface area (Å²) in [6.45, 7) is 5.73. The number of ether oxygens (including phenoxy) is 1. The molecular weight excluding hydrogens is 180 g/mol. The van der Waals surface area contributed by atoms with Crippen LogP contribution < -0.4 is 15.8 Å². The van der Waals surface area contributed by atoms with Gasteiger partial charge in [-0.3, -0.25) is 0 Å². The van der Waals surface area contributed by atoms with Crippen LogP contribution in [0.25, 0.3) is 0 Å². The Bertz CT molecular complexity index is 290. The summed E-state index contributed by atoms with van der Waals surface area (Å²) in [6.07, 6.45) is 1.48. The van der Waals surface area contributed by atoms with Gasteiger partial charge < -0.3 is 15.8 Å². The van der Waals surface area contributed by atoms with Crippen LogP contribution >= 0.6 is 0 Å². The maximum atomic E-state index is 5.39. The summed E-state index contributed by atoms with van der Waals surface area (Å²) in [5.74, 6) is 1.41. The van der Waals surface area contributed by atoms with Crippen LogP contribution in [-0.4, -0.2) is 29.7 Å². The Labute approximate surface area is 83.7 Å². The SMILES string of the molecule is CCOc1ncnc(NCCN)c1C. The minimum absolute atomic E-state index is 0.577. The van der Waals surface area contributed by atoms with Crippen molar-refractivity contribution in [3.05, 3.63) is 11.9 Å². The Morgan fingerprint density at radius 1 is 1.50 bits per heavy atom. The zero-order chi connectivity index (χ0) is 10.4. The average Bonchev–Trinajstić information content (AvgIpc) is 2.20. The van der Waals surface area contributed by atoms with Gasteiger partial charge in [-0.15, -0.1) is 0 Å². The van der Waals surface area contributed by atoms with Gasteiger partial charge >= 0.3 is 0 Å². The molecule has 0 saturated carbocycles. The molecule has 78 valence electrons. The minimum atomic E-state index is 0.577. The maximum Gasteiger partial charge on any atom is 0.221 e. The first kappa shape index (κ1) is 10.7. The highest BCUT2D eigenvalue weighted by Crippen LogP contribution is 2.19. The van der Waals surface area contributed by atoms with E-state index >= 15 is 0 Å². The van der Waals surface area contributed by atoms with E-state index in [4.69, 9.17) is 10.5 Å². The minimum Gasteiger partial charge on any atom is -0.478 e. The summed E-state index contributed by atoms with van der Waals surface area (Å²) in [6, 6.07) is 0. The van der Waals surface area contributed by atoms with E-state index in [2.05, 4.69) is 15.3 Å². The molecule has 5 nitrogen and oxygen atoms in total. The molecule has 5 heteroatoms. The third-order valence-electron chi connectivity index (χ3n) is 1.76. The van der Waals surface area contributed by atoms with Gasteiger partial charge in [0.1, 0.15) is 12.1 Å². The molecule has 0 atom stereocenters. The molecule has 0 spiro atoms. The number of hydrogen-bond donors (Lipinski definition) is 2. The lowest BCUT2D eigenvalue weighted by Crippen LogP contribution is -2.15. The van der Waals surface area contributed by atoms with Crippen LogP contribution in [0.2, 0.25) is 0 Å². The summed E-state index contributed by atoms with van der Waals surface area (Å²) >= 11 is 0. The van der Waals surface area contributed by atoms with Crippen molar-refractivity contribution in [2.75, 3.05) is 25.0 Å². The van der Waals surface area contributed by atoms with Crippen molar-refractivity contribution in [3.63, 3.8) is 0 Å². The number of aromatic nitrogens is 2. The predicted octanol–water partition coefficient (Wildman–Crippen LogP) is 0.554. The molecule has 0 amide bonds. The fourth-order valence-corrected chi connectivity index (χ4v) is 1.09. The highest BCUT2D eigenvalue weighted by Gasteiger charge is 2.06. The molecule has 1 heterocycles. The largest absolute Gasteiger partial charge is 0.478 e. The third-order valence-corrected chi connectivity index (χ3v) is 1.76. The molecule has 0 unspecified atom stereocenters. The summed E-state index contributed by atoms with van der Waals surface area (Å²) in [7, 11) is 0. The number of nitrogens with zero attached hydrogens (tertiary/aromatic N) is 2. The Morgan fingerprint density at radius 3 is 2.93 bits per heavy atom. The topological polar surface area (TPSA) is 73.1 Å². The Morgan fingerprint density at radius 2 is 2.29 bits per heavy atom. The smallest absolute Gasteiger partial charge is 0.221 e. The van der Waals surface area contributed by atoms with E-state index < -0.39 is 0 Å². The number of anilines is 1. The second kappa shape index (κ2) is 5.39. The van der Waals surface area contributed by atoms with Crippen molar-refractivity contribution >= 4 is 5.82 Å². The lowest BCUT2D eigenvalue weighted by atomic mass is 10.3. The monoisotopic (exact) mass is 196 g/mol. The zero-order valence-corrected chi connectivity index (χ0v) is 8.58. The van der Waals surface area contributed by atoms with Crippen LogP contribution in [0.15, 0.2) is 6.33 Å². The Kier molecular flexibility index (Phi) is 4.12. The standard InChI is InChI=1S/C9H16N4O/c1-3-14-9-7(2)8(11-5-4-10)12-6-13-9/h6H,3-5,10H2,1-2H3,(H,11,12,13). The molecular formula is C9H16N4O. The van der Waals surface area contributed by atoms with Gasteiger partial charge in [0.05, 0.1) is 12.2 Å².